The molecule has 94 valence electrons. The highest BCUT2D eigenvalue weighted by molar-refractivity contribution is 5.81. The summed E-state index contributed by atoms with van der Waals surface area (Å²) in [5, 5.41) is 0. The molecule has 0 saturated carbocycles. The van der Waals surface area contributed by atoms with E-state index in [4.69, 9.17) is 0 Å². The Bertz CT molecular complexity index is 270. The highest BCUT2D eigenvalue weighted by Crippen LogP contribution is 2.02. The standard InChI is InChI=1S/C8H10O4.C3H4O2/c1-3-7(9)11-5-6-12-8(10)4-2;4-1-3-2-5-3/h3-4H,1-2,5-6H2;1,3H,2H2. The fourth-order valence-electron chi connectivity index (χ4n) is 0.536. The number of aldehydes is 1. The molecule has 1 unspecified atom stereocenters. The maximum atomic E-state index is 10.4. The van der Waals surface area contributed by atoms with Crippen molar-refractivity contribution >= 4 is 18.2 Å². The number of ether oxygens (including phenoxy) is 3. The van der Waals surface area contributed by atoms with E-state index in [1.165, 1.54) is 0 Å². The lowest BCUT2D eigenvalue weighted by molar-refractivity contribution is -0.146. The summed E-state index contributed by atoms with van der Waals surface area (Å²) in [4.78, 5) is 30.3. The molecule has 1 aliphatic heterocycles. The molecule has 0 spiro atoms. The molecule has 1 heterocycles. The Balaban J connectivity index is 0.000000419. The third kappa shape index (κ3) is 10.3. The first kappa shape index (κ1) is 15.0. The van der Waals surface area contributed by atoms with Gasteiger partial charge in [-0.25, -0.2) is 9.59 Å². The third-order valence-electron chi connectivity index (χ3n) is 1.42. The largest absolute Gasteiger partial charge is 0.459 e. The fraction of sp³-hybridized carbons (Fsp3) is 0.364. The molecule has 1 atom stereocenters. The Morgan fingerprint density at radius 2 is 1.59 bits per heavy atom. The molecule has 17 heavy (non-hydrogen) atoms. The van der Waals surface area contributed by atoms with Crippen molar-refractivity contribution in [3.8, 4) is 0 Å². The van der Waals surface area contributed by atoms with Crippen LogP contribution in [0.5, 0.6) is 0 Å². The maximum absolute atomic E-state index is 10.4. The minimum absolute atomic E-state index is 0.0322. The van der Waals surface area contributed by atoms with E-state index < -0.39 is 11.9 Å². The van der Waals surface area contributed by atoms with Gasteiger partial charge in [-0.05, 0) is 0 Å². The first-order valence-electron chi connectivity index (χ1n) is 4.79. The molecule has 0 N–H and O–H groups in total. The molecule has 0 aliphatic carbocycles. The minimum Gasteiger partial charge on any atom is -0.459 e. The summed E-state index contributed by atoms with van der Waals surface area (Å²) in [6.07, 6.45) is 2.83. The van der Waals surface area contributed by atoms with Gasteiger partial charge in [0.2, 0.25) is 0 Å². The number of esters is 2. The molecule has 0 bridgehead atoms. The normalized spacial score (nSPS) is 15.6. The van der Waals surface area contributed by atoms with Crippen LogP contribution in [0, 0.1) is 0 Å². The van der Waals surface area contributed by atoms with Gasteiger partial charge in [0.05, 0.1) is 6.61 Å². The van der Waals surface area contributed by atoms with E-state index in [-0.39, 0.29) is 19.3 Å². The summed E-state index contributed by atoms with van der Waals surface area (Å²) >= 11 is 0. The van der Waals surface area contributed by atoms with E-state index >= 15 is 0 Å². The van der Waals surface area contributed by atoms with Crippen molar-refractivity contribution in [1.29, 1.82) is 0 Å². The lowest BCUT2D eigenvalue weighted by Crippen LogP contribution is -2.10. The van der Waals surface area contributed by atoms with Crippen molar-refractivity contribution in [2.24, 2.45) is 0 Å². The smallest absolute Gasteiger partial charge is 0.330 e. The fourth-order valence-corrected chi connectivity index (χ4v) is 0.536. The van der Waals surface area contributed by atoms with Gasteiger partial charge >= 0.3 is 11.9 Å². The lowest BCUT2D eigenvalue weighted by Gasteiger charge is -2.01. The molecule has 0 aromatic rings. The molecule has 6 heteroatoms. The molecule has 0 amide bonds. The predicted octanol–water partition coefficient (Wildman–Crippen LogP) is 0.0289. The summed E-state index contributed by atoms with van der Waals surface area (Å²) < 4.78 is 13.5. The Kier molecular flexibility index (Phi) is 8.22. The summed E-state index contributed by atoms with van der Waals surface area (Å²) in [6.45, 7) is 7.09. The Morgan fingerprint density at radius 3 is 1.76 bits per heavy atom. The van der Waals surface area contributed by atoms with Crippen molar-refractivity contribution in [2.75, 3.05) is 19.8 Å². The number of hydrogen-bond acceptors (Lipinski definition) is 6. The SMILES string of the molecule is C=CC(=O)OCCOC(=O)C=C.O=CC1CO1. The molecular formula is C11H14O6. The molecule has 0 aromatic carbocycles. The maximum Gasteiger partial charge on any atom is 0.330 e. The monoisotopic (exact) mass is 242 g/mol. The summed E-state index contributed by atoms with van der Waals surface area (Å²) in [5.41, 5.74) is 0. The van der Waals surface area contributed by atoms with Crippen LogP contribution in [0.1, 0.15) is 0 Å². The predicted molar refractivity (Wildman–Crippen MR) is 58.1 cm³/mol. The molecule has 1 rings (SSSR count). The van der Waals surface area contributed by atoms with E-state index in [9.17, 15) is 14.4 Å². The second-order valence-electron chi connectivity index (χ2n) is 2.75. The Labute approximate surface area is 98.8 Å². The van der Waals surface area contributed by atoms with Crippen LogP contribution >= 0.6 is 0 Å². The van der Waals surface area contributed by atoms with Crippen molar-refractivity contribution in [1.82, 2.24) is 0 Å². The van der Waals surface area contributed by atoms with Gasteiger partial charge in [0.15, 0.2) is 6.29 Å². The molecule has 1 aliphatic rings. The van der Waals surface area contributed by atoms with E-state index in [0.29, 0.717) is 6.61 Å². The zero-order valence-electron chi connectivity index (χ0n) is 9.29. The molecular weight excluding hydrogens is 228 g/mol. The van der Waals surface area contributed by atoms with Gasteiger partial charge in [-0.1, -0.05) is 13.2 Å². The molecule has 1 saturated heterocycles. The van der Waals surface area contributed by atoms with Crippen LogP contribution in [0.3, 0.4) is 0 Å². The van der Waals surface area contributed by atoms with E-state index in [1.54, 1.807) is 0 Å². The van der Waals surface area contributed by atoms with Crippen LogP contribution in [0.2, 0.25) is 0 Å². The van der Waals surface area contributed by atoms with E-state index in [2.05, 4.69) is 27.4 Å². The van der Waals surface area contributed by atoms with Crippen LogP contribution in [-0.2, 0) is 28.6 Å². The average Bonchev–Trinajstić information content (AvgIpc) is 3.18. The zero-order chi connectivity index (χ0) is 13.1. The summed E-state index contributed by atoms with van der Waals surface area (Å²) in [6, 6.07) is 0. The van der Waals surface area contributed by atoms with Crippen molar-refractivity contribution in [3.05, 3.63) is 25.3 Å². The van der Waals surface area contributed by atoms with E-state index in [1.807, 2.05) is 0 Å². The van der Waals surface area contributed by atoms with E-state index in [0.717, 1.165) is 18.4 Å². The molecule has 0 aromatic heterocycles. The zero-order valence-corrected chi connectivity index (χ0v) is 9.29. The number of hydrogen-bond donors (Lipinski definition) is 0. The van der Waals surface area contributed by atoms with Crippen molar-refractivity contribution in [3.63, 3.8) is 0 Å². The quantitative estimate of drug-likeness (QED) is 0.215. The first-order valence-corrected chi connectivity index (χ1v) is 4.79. The van der Waals surface area contributed by atoms with Gasteiger partial charge in [0.1, 0.15) is 19.3 Å². The molecule has 1 fully saturated rings. The first-order chi connectivity index (χ1) is 8.13. The molecule has 6 nitrogen and oxygen atoms in total. The van der Waals surface area contributed by atoms with Gasteiger partial charge in [0, 0.05) is 12.2 Å². The van der Waals surface area contributed by atoms with Gasteiger partial charge in [-0.15, -0.1) is 0 Å². The summed E-state index contributed by atoms with van der Waals surface area (Å²) in [5.74, 6) is -1.07. The van der Waals surface area contributed by atoms with Gasteiger partial charge in [-0.2, -0.15) is 0 Å². The van der Waals surface area contributed by atoms with Crippen LogP contribution in [-0.4, -0.2) is 44.1 Å². The van der Waals surface area contributed by atoms with Crippen LogP contribution < -0.4 is 0 Å². The number of rotatable bonds is 6. The second kappa shape index (κ2) is 9.29. The van der Waals surface area contributed by atoms with Gasteiger partial charge < -0.3 is 19.0 Å². The highest BCUT2D eigenvalue weighted by Gasteiger charge is 2.19. The number of carbonyl (C=O) groups excluding carboxylic acids is 3. The summed E-state index contributed by atoms with van der Waals surface area (Å²) in [7, 11) is 0. The minimum atomic E-state index is -0.537. The number of epoxide rings is 1. The third-order valence-corrected chi connectivity index (χ3v) is 1.42. The average molecular weight is 242 g/mol. The lowest BCUT2D eigenvalue weighted by atomic mass is 10.6. The Morgan fingerprint density at radius 1 is 1.18 bits per heavy atom. The Hall–Kier alpha value is -1.95. The molecule has 0 radical (unpaired) electrons. The van der Waals surface area contributed by atoms with Crippen LogP contribution in [0.15, 0.2) is 25.3 Å². The number of carbonyl (C=O) groups is 3. The van der Waals surface area contributed by atoms with Crippen LogP contribution in [0.25, 0.3) is 0 Å². The van der Waals surface area contributed by atoms with Gasteiger partial charge in [-0.3, -0.25) is 0 Å². The van der Waals surface area contributed by atoms with Crippen molar-refractivity contribution in [2.45, 2.75) is 6.10 Å². The van der Waals surface area contributed by atoms with Crippen molar-refractivity contribution < 1.29 is 28.6 Å². The van der Waals surface area contributed by atoms with Crippen LogP contribution in [0.4, 0.5) is 0 Å². The second-order valence-corrected chi connectivity index (χ2v) is 2.75. The topological polar surface area (TPSA) is 82.2 Å². The highest BCUT2D eigenvalue weighted by atomic mass is 16.6. The van der Waals surface area contributed by atoms with Gasteiger partial charge in [0.25, 0.3) is 0 Å².